The molecule has 32 heavy (non-hydrogen) atoms. The predicted octanol–water partition coefficient (Wildman–Crippen LogP) is 3.76. The molecule has 2 aliphatic heterocycles. The number of H-pyrrole nitrogens is 1. The minimum Gasteiger partial charge on any atom is -0.496 e. The summed E-state index contributed by atoms with van der Waals surface area (Å²) in [7, 11) is 1.64. The van der Waals surface area contributed by atoms with Crippen molar-refractivity contribution in [2.24, 2.45) is 0 Å². The van der Waals surface area contributed by atoms with Crippen molar-refractivity contribution in [2.75, 3.05) is 20.3 Å². The maximum atomic E-state index is 13.2. The second kappa shape index (κ2) is 8.31. The Balaban J connectivity index is 1.32. The first-order chi connectivity index (χ1) is 15.6. The van der Waals surface area contributed by atoms with Gasteiger partial charge < -0.3 is 24.4 Å². The Bertz CT molecular complexity index is 1160. The fourth-order valence-corrected chi connectivity index (χ4v) is 4.61. The van der Waals surface area contributed by atoms with Gasteiger partial charge in [-0.15, -0.1) is 0 Å². The van der Waals surface area contributed by atoms with Gasteiger partial charge in [0, 0.05) is 28.3 Å². The smallest absolute Gasteiger partial charge is 0.322 e. The van der Waals surface area contributed by atoms with Gasteiger partial charge in [0.25, 0.3) is 0 Å². The number of carbonyl (C=O) groups is 2. The van der Waals surface area contributed by atoms with Gasteiger partial charge in [-0.3, -0.25) is 4.79 Å². The van der Waals surface area contributed by atoms with Gasteiger partial charge in [-0.25, -0.2) is 9.78 Å². The number of hydrogen-bond donors (Lipinski definition) is 1. The van der Waals surface area contributed by atoms with Gasteiger partial charge >= 0.3 is 6.03 Å². The fraction of sp³-hybridized carbons (Fsp3) is 0.261. The van der Waals surface area contributed by atoms with Crippen LogP contribution in [-0.4, -0.2) is 57.4 Å². The monoisotopic (exact) mass is 495 g/mol. The van der Waals surface area contributed by atoms with Crippen LogP contribution < -0.4 is 4.74 Å². The molecular formula is C23H22BrN5O3. The number of fused-ring (bicyclic) bond motifs is 1. The van der Waals surface area contributed by atoms with Crippen molar-refractivity contribution in [1.82, 2.24) is 24.7 Å². The molecule has 1 atom stereocenters. The summed E-state index contributed by atoms with van der Waals surface area (Å²) in [6.45, 7) is 1.64. The lowest BCUT2D eigenvalue weighted by Crippen LogP contribution is -2.40. The van der Waals surface area contributed by atoms with E-state index in [4.69, 9.17) is 9.72 Å². The Morgan fingerprint density at radius 3 is 2.75 bits per heavy atom. The molecule has 0 spiro atoms. The van der Waals surface area contributed by atoms with Crippen LogP contribution in [0.5, 0.6) is 5.75 Å². The molecule has 1 aromatic heterocycles. The van der Waals surface area contributed by atoms with Gasteiger partial charge in [0.2, 0.25) is 6.41 Å². The highest BCUT2D eigenvalue weighted by molar-refractivity contribution is 9.10. The summed E-state index contributed by atoms with van der Waals surface area (Å²) in [4.78, 5) is 38.0. The molecule has 0 saturated carbocycles. The zero-order chi connectivity index (χ0) is 22.2. The quantitative estimate of drug-likeness (QED) is 0.558. The van der Waals surface area contributed by atoms with Crippen LogP contribution in [-0.2, 0) is 17.9 Å². The zero-order valence-corrected chi connectivity index (χ0v) is 19.1. The van der Waals surface area contributed by atoms with Crippen LogP contribution in [0.3, 0.4) is 0 Å². The SMILES string of the molecule is COc1cccc2c1CN(C(=O)N1CC(c3nc(-c4ccc(Br)cc4)c[nH]3)N(C=O)C1)C2. The molecule has 0 radical (unpaired) electrons. The number of amides is 3. The molecule has 0 aliphatic carbocycles. The minimum atomic E-state index is -0.319. The van der Waals surface area contributed by atoms with E-state index in [1.807, 2.05) is 48.7 Å². The van der Waals surface area contributed by atoms with E-state index in [1.165, 1.54) is 0 Å². The third-order valence-corrected chi connectivity index (χ3v) is 6.55. The summed E-state index contributed by atoms with van der Waals surface area (Å²) in [6.07, 6.45) is 2.61. The Morgan fingerprint density at radius 1 is 1.19 bits per heavy atom. The number of imidazole rings is 1. The molecule has 3 heterocycles. The Hall–Kier alpha value is -3.33. The number of urea groups is 1. The van der Waals surface area contributed by atoms with Crippen molar-refractivity contribution in [3.8, 4) is 17.0 Å². The van der Waals surface area contributed by atoms with Gasteiger partial charge in [-0.2, -0.15) is 0 Å². The normalized spacial score (nSPS) is 17.6. The number of ether oxygens (including phenoxy) is 1. The van der Waals surface area contributed by atoms with Crippen LogP contribution in [0.2, 0.25) is 0 Å². The summed E-state index contributed by atoms with van der Waals surface area (Å²) in [5.74, 6) is 1.46. The van der Waals surface area contributed by atoms with Crippen LogP contribution in [0.15, 0.2) is 53.1 Å². The molecule has 164 valence electrons. The molecule has 5 rings (SSSR count). The Kier molecular flexibility index (Phi) is 5.34. The number of rotatable bonds is 4. The summed E-state index contributed by atoms with van der Waals surface area (Å²) < 4.78 is 6.44. The molecule has 9 heteroatoms. The molecule has 2 aliphatic rings. The van der Waals surface area contributed by atoms with E-state index in [1.54, 1.807) is 21.8 Å². The molecule has 3 amide bonds. The van der Waals surface area contributed by atoms with E-state index in [9.17, 15) is 9.59 Å². The van der Waals surface area contributed by atoms with Gasteiger partial charge in [0.15, 0.2) is 0 Å². The largest absolute Gasteiger partial charge is 0.496 e. The van der Waals surface area contributed by atoms with Crippen LogP contribution in [0.4, 0.5) is 4.79 Å². The molecule has 1 fully saturated rings. The van der Waals surface area contributed by atoms with Crippen molar-refractivity contribution in [2.45, 2.75) is 19.1 Å². The van der Waals surface area contributed by atoms with E-state index in [-0.39, 0.29) is 18.7 Å². The Morgan fingerprint density at radius 2 is 2.00 bits per heavy atom. The lowest BCUT2D eigenvalue weighted by Gasteiger charge is -2.23. The number of carbonyl (C=O) groups excluding carboxylic acids is 2. The van der Waals surface area contributed by atoms with Crippen LogP contribution in [0, 0.1) is 0 Å². The van der Waals surface area contributed by atoms with Crippen molar-refractivity contribution >= 4 is 28.4 Å². The summed E-state index contributed by atoms with van der Waals surface area (Å²) in [6, 6.07) is 13.3. The highest BCUT2D eigenvalue weighted by Crippen LogP contribution is 2.33. The second-order valence-corrected chi connectivity index (χ2v) is 8.83. The van der Waals surface area contributed by atoms with Gasteiger partial charge in [0.1, 0.15) is 17.6 Å². The van der Waals surface area contributed by atoms with E-state index >= 15 is 0 Å². The van der Waals surface area contributed by atoms with Crippen molar-refractivity contribution in [3.63, 3.8) is 0 Å². The van der Waals surface area contributed by atoms with E-state index in [2.05, 4.69) is 20.9 Å². The number of methoxy groups -OCH3 is 1. The molecule has 1 saturated heterocycles. The average Bonchev–Trinajstić information content (AvgIpc) is 3.56. The molecule has 1 N–H and O–H groups in total. The maximum Gasteiger partial charge on any atom is 0.322 e. The number of aromatic nitrogens is 2. The number of hydrogen-bond acceptors (Lipinski definition) is 4. The van der Waals surface area contributed by atoms with Crippen LogP contribution in [0.1, 0.15) is 23.0 Å². The highest BCUT2D eigenvalue weighted by atomic mass is 79.9. The van der Waals surface area contributed by atoms with E-state index in [0.717, 1.165) is 39.0 Å². The van der Waals surface area contributed by atoms with E-state index < -0.39 is 0 Å². The Labute approximate surface area is 193 Å². The lowest BCUT2D eigenvalue weighted by molar-refractivity contribution is -0.119. The molecule has 1 unspecified atom stereocenters. The van der Waals surface area contributed by atoms with E-state index in [0.29, 0.717) is 25.5 Å². The minimum absolute atomic E-state index is 0.0997. The van der Waals surface area contributed by atoms with Crippen LogP contribution in [0.25, 0.3) is 11.3 Å². The van der Waals surface area contributed by atoms with Crippen molar-refractivity contribution < 1.29 is 14.3 Å². The van der Waals surface area contributed by atoms with Gasteiger partial charge in [-0.05, 0) is 23.8 Å². The molecular weight excluding hydrogens is 474 g/mol. The third-order valence-electron chi connectivity index (χ3n) is 6.02. The summed E-state index contributed by atoms with van der Waals surface area (Å²) in [5, 5.41) is 0. The maximum absolute atomic E-state index is 13.2. The highest BCUT2D eigenvalue weighted by Gasteiger charge is 2.38. The third kappa shape index (κ3) is 3.62. The van der Waals surface area contributed by atoms with Gasteiger partial charge in [-0.1, -0.05) is 40.2 Å². The molecule has 0 bridgehead atoms. The number of nitrogens with zero attached hydrogens (tertiary/aromatic N) is 4. The van der Waals surface area contributed by atoms with Gasteiger partial charge in [0.05, 0.1) is 32.6 Å². The number of halogens is 1. The number of nitrogens with one attached hydrogen (secondary N) is 1. The predicted molar refractivity (Wildman–Crippen MR) is 122 cm³/mol. The fourth-order valence-electron chi connectivity index (χ4n) is 4.35. The number of aromatic amines is 1. The van der Waals surface area contributed by atoms with Crippen LogP contribution >= 0.6 is 15.9 Å². The average molecular weight is 496 g/mol. The van der Waals surface area contributed by atoms with Crippen molar-refractivity contribution in [1.29, 1.82) is 0 Å². The summed E-state index contributed by atoms with van der Waals surface area (Å²) in [5.41, 5.74) is 3.90. The first-order valence-corrected chi connectivity index (χ1v) is 11.1. The van der Waals surface area contributed by atoms with Crippen molar-refractivity contribution in [3.05, 3.63) is 70.1 Å². The standard InChI is InChI=1S/C23H22BrN5O3/c1-32-21-4-2-3-16-10-27(11-18(16)21)23(31)28-12-20(29(13-28)14-30)22-25-9-19(26-22)15-5-7-17(24)8-6-15/h2-9,14,20H,10-13H2,1H3,(H,25,26). The second-order valence-electron chi connectivity index (χ2n) is 7.91. The lowest BCUT2D eigenvalue weighted by atomic mass is 10.1. The molecule has 8 nitrogen and oxygen atoms in total. The molecule has 3 aromatic rings. The zero-order valence-electron chi connectivity index (χ0n) is 17.5. The number of benzene rings is 2. The first kappa shape index (κ1) is 20.6. The topological polar surface area (TPSA) is 81.8 Å². The summed E-state index contributed by atoms with van der Waals surface area (Å²) >= 11 is 3.44. The molecule has 2 aromatic carbocycles. The first-order valence-electron chi connectivity index (χ1n) is 10.3.